The molecular weight excluding hydrogens is 288 g/mol. The van der Waals surface area contributed by atoms with E-state index in [0.717, 1.165) is 46.4 Å². The number of rotatable bonds is 0. The van der Waals surface area contributed by atoms with Crippen LogP contribution in [0.2, 0.25) is 0 Å². The Labute approximate surface area is 125 Å². The molecule has 5 heteroatoms. The van der Waals surface area contributed by atoms with Crippen LogP contribution in [0.5, 0.6) is 0 Å². The number of hydrogen-bond acceptors (Lipinski definition) is 4. The van der Waals surface area contributed by atoms with Gasteiger partial charge in [0.2, 0.25) is 0 Å². The average Bonchev–Trinajstić information content (AvgIpc) is 2.65. The highest BCUT2D eigenvalue weighted by Crippen LogP contribution is 2.33. The van der Waals surface area contributed by atoms with E-state index < -0.39 is 11.1 Å². The second kappa shape index (κ2) is 5.07. The van der Waals surface area contributed by atoms with E-state index in [1.165, 1.54) is 0 Å². The Morgan fingerprint density at radius 2 is 1.81 bits per heavy atom. The van der Waals surface area contributed by atoms with Crippen molar-refractivity contribution in [1.82, 2.24) is 0 Å². The summed E-state index contributed by atoms with van der Waals surface area (Å²) in [5.74, 6) is 1.53. The molecule has 0 amide bonds. The zero-order valence-electron chi connectivity index (χ0n) is 11.6. The smallest absolute Gasteiger partial charge is 0.162 e. The molecule has 21 heavy (non-hydrogen) atoms. The van der Waals surface area contributed by atoms with E-state index in [4.69, 9.17) is 8.92 Å². The topological polar surface area (TPSA) is 52.6 Å². The maximum absolute atomic E-state index is 12.1. The van der Waals surface area contributed by atoms with E-state index in [-0.39, 0.29) is 5.78 Å². The van der Waals surface area contributed by atoms with Crippen molar-refractivity contribution in [2.45, 2.75) is 44.6 Å². The van der Waals surface area contributed by atoms with E-state index in [0.29, 0.717) is 31.8 Å². The Balaban J connectivity index is 1.75. The molecule has 0 saturated heterocycles. The van der Waals surface area contributed by atoms with Gasteiger partial charge in [-0.25, -0.2) is 4.21 Å². The Hall–Kier alpha value is -1.46. The summed E-state index contributed by atoms with van der Waals surface area (Å²) in [5.41, 5.74) is 5.25. The number of carbonyl (C=O) groups is 1. The van der Waals surface area contributed by atoms with E-state index in [9.17, 15) is 9.00 Å². The largest absolute Gasteiger partial charge is 0.493 e. The normalized spacial score (nSPS) is 24.6. The fourth-order valence-electron chi connectivity index (χ4n) is 3.24. The third kappa shape index (κ3) is 2.34. The summed E-state index contributed by atoms with van der Waals surface area (Å²) in [6.45, 7) is 0.902. The molecule has 2 aliphatic heterocycles. The minimum atomic E-state index is -1.23. The lowest BCUT2D eigenvalue weighted by atomic mass is 9.89. The standard InChI is InChI=1S/C16H16O4S/c17-15-2-1-3-16-14(15)6-10-4-13-9-21(18)20-8-12(13)5-11(10)7-19-16/h4-5H,1-3,6-9H2. The predicted octanol–water partition coefficient (Wildman–Crippen LogP) is 2.46. The van der Waals surface area contributed by atoms with Crippen LogP contribution in [0.25, 0.3) is 0 Å². The Morgan fingerprint density at radius 1 is 1.00 bits per heavy atom. The van der Waals surface area contributed by atoms with E-state index in [1.54, 1.807) is 0 Å². The van der Waals surface area contributed by atoms with Crippen LogP contribution in [-0.2, 0) is 50.2 Å². The third-order valence-corrected chi connectivity index (χ3v) is 5.32. The van der Waals surface area contributed by atoms with Crippen LogP contribution in [0, 0.1) is 0 Å². The van der Waals surface area contributed by atoms with Crippen molar-refractivity contribution in [1.29, 1.82) is 0 Å². The summed E-state index contributed by atoms with van der Waals surface area (Å²) < 4.78 is 22.6. The summed E-state index contributed by atoms with van der Waals surface area (Å²) in [6.07, 6.45) is 3.02. The van der Waals surface area contributed by atoms with Gasteiger partial charge in [-0.1, -0.05) is 6.07 Å². The molecule has 1 atom stereocenters. The monoisotopic (exact) mass is 304 g/mol. The first-order valence-corrected chi connectivity index (χ1v) is 8.48. The molecule has 4 rings (SSSR count). The lowest BCUT2D eigenvalue weighted by molar-refractivity contribution is -0.116. The fourth-order valence-corrected chi connectivity index (χ4v) is 4.10. The number of ketones is 1. The Kier molecular flexibility index (Phi) is 3.19. The van der Waals surface area contributed by atoms with Crippen molar-refractivity contribution >= 4 is 16.9 Å². The van der Waals surface area contributed by atoms with Crippen LogP contribution in [0.15, 0.2) is 23.5 Å². The second-order valence-electron chi connectivity index (χ2n) is 5.74. The molecule has 4 nitrogen and oxygen atoms in total. The van der Waals surface area contributed by atoms with Crippen LogP contribution in [0.4, 0.5) is 0 Å². The van der Waals surface area contributed by atoms with Crippen molar-refractivity contribution < 1.29 is 17.9 Å². The van der Waals surface area contributed by atoms with Gasteiger partial charge in [0.15, 0.2) is 16.9 Å². The van der Waals surface area contributed by atoms with Crippen molar-refractivity contribution in [3.05, 3.63) is 45.7 Å². The van der Waals surface area contributed by atoms with Gasteiger partial charge in [0, 0.05) is 24.8 Å². The first-order chi connectivity index (χ1) is 10.2. The van der Waals surface area contributed by atoms with Crippen LogP contribution >= 0.6 is 0 Å². The summed E-state index contributed by atoms with van der Waals surface area (Å²) in [4.78, 5) is 12.1. The number of hydrogen-bond donors (Lipinski definition) is 0. The van der Waals surface area contributed by atoms with Gasteiger partial charge in [-0.2, -0.15) is 0 Å². The highest BCUT2D eigenvalue weighted by Gasteiger charge is 2.27. The van der Waals surface area contributed by atoms with Gasteiger partial charge in [-0.05, 0) is 34.7 Å². The average molecular weight is 304 g/mol. The molecule has 0 aromatic heterocycles. The first-order valence-electron chi connectivity index (χ1n) is 7.24. The molecule has 0 N–H and O–H groups in total. The third-order valence-electron chi connectivity index (χ3n) is 4.39. The molecule has 1 unspecified atom stereocenters. The molecule has 0 radical (unpaired) electrons. The molecular formula is C16H16O4S. The van der Waals surface area contributed by atoms with E-state index in [2.05, 4.69) is 12.1 Å². The number of benzene rings is 1. The van der Waals surface area contributed by atoms with Crippen molar-refractivity contribution in [2.75, 3.05) is 0 Å². The molecule has 0 saturated carbocycles. The molecule has 1 aromatic rings. The van der Waals surface area contributed by atoms with Gasteiger partial charge in [-0.15, -0.1) is 0 Å². The molecule has 0 spiro atoms. The molecule has 1 aromatic carbocycles. The number of Topliss-reactive ketones (excluding diaryl/α,β-unsaturated/α-hetero) is 1. The zero-order valence-corrected chi connectivity index (χ0v) is 12.5. The molecule has 2 heterocycles. The SMILES string of the molecule is O=C1CCCC2=C1Cc1cc3c(cc1CO2)COS(=O)C3. The minimum absolute atomic E-state index is 0.216. The number of ether oxygens (including phenoxy) is 1. The number of carbonyl (C=O) groups excluding carboxylic acids is 1. The van der Waals surface area contributed by atoms with Crippen molar-refractivity contribution in [2.24, 2.45) is 0 Å². The van der Waals surface area contributed by atoms with Crippen LogP contribution in [0.3, 0.4) is 0 Å². The van der Waals surface area contributed by atoms with Gasteiger partial charge < -0.3 is 4.74 Å². The highest BCUT2D eigenvalue weighted by atomic mass is 32.2. The summed E-state index contributed by atoms with van der Waals surface area (Å²) in [5, 5.41) is 0. The maximum atomic E-state index is 12.1. The minimum Gasteiger partial charge on any atom is -0.493 e. The first kappa shape index (κ1) is 13.2. The Morgan fingerprint density at radius 3 is 2.71 bits per heavy atom. The fraction of sp³-hybridized carbons (Fsp3) is 0.438. The van der Waals surface area contributed by atoms with Crippen LogP contribution in [-0.4, -0.2) is 9.99 Å². The van der Waals surface area contributed by atoms with Crippen LogP contribution in [0.1, 0.15) is 41.5 Å². The van der Waals surface area contributed by atoms with Gasteiger partial charge in [0.05, 0.1) is 12.4 Å². The van der Waals surface area contributed by atoms with Gasteiger partial charge in [-0.3, -0.25) is 8.98 Å². The Bertz CT molecular complexity index is 690. The molecule has 1 aliphatic carbocycles. The van der Waals surface area contributed by atoms with Gasteiger partial charge >= 0.3 is 0 Å². The zero-order chi connectivity index (χ0) is 14.4. The summed E-state index contributed by atoms with van der Waals surface area (Å²) >= 11 is -1.23. The maximum Gasteiger partial charge on any atom is 0.162 e. The van der Waals surface area contributed by atoms with Crippen LogP contribution < -0.4 is 0 Å². The lowest BCUT2D eigenvalue weighted by Gasteiger charge is -2.18. The predicted molar refractivity (Wildman–Crippen MR) is 77.5 cm³/mol. The molecule has 0 bridgehead atoms. The summed E-state index contributed by atoms with van der Waals surface area (Å²) in [7, 11) is 0. The molecule has 3 aliphatic rings. The molecule has 0 fully saturated rings. The molecule has 110 valence electrons. The lowest BCUT2D eigenvalue weighted by Crippen LogP contribution is -2.14. The van der Waals surface area contributed by atoms with Crippen molar-refractivity contribution in [3.63, 3.8) is 0 Å². The van der Waals surface area contributed by atoms with E-state index >= 15 is 0 Å². The van der Waals surface area contributed by atoms with Crippen molar-refractivity contribution in [3.8, 4) is 0 Å². The number of fused-ring (bicyclic) bond motifs is 2. The number of allylic oxidation sites excluding steroid dienone is 2. The second-order valence-corrected chi connectivity index (χ2v) is 6.88. The van der Waals surface area contributed by atoms with E-state index in [1.807, 2.05) is 0 Å². The quantitative estimate of drug-likeness (QED) is 0.739. The van der Waals surface area contributed by atoms with Gasteiger partial charge in [0.1, 0.15) is 12.4 Å². The summed E-state index contributed by atoms with van der Waals surface area (Å²) in [6, 6.07) is 4.18. The van der Waals surface area contributed by atoms with Gasteiger partial charge in [0.25, 0.3) is 0 Å². The highest BCUT2D eigenvalue weighted by molar-refractivity contribution is 7.79.